The minimum Gasteiger partial charge on any atom is -0.370 e. The van der Waals surface area contributed by atoms with Crippen LogP contribution < -0.4 is 33.2 Å². The zero-order valence-electron chi connectivity index (χ0n) is 20.8. The van der Waals surface area contributed by atoms with E-state index in [9.17, 15) is 40.7 Å². The van der Waals surface area contributed by atoms with E-state index in [2.05, 4.69) is 20.9 Å². The molecule has 10 nitrogen and oxygen atoms in total. The molecule has 9 N–H and O–H groups in total. The fourth-order valence-electron chi connectivity index (χ4n) is 3.38. The zero-order chi connectivity index (χ0) is 30.1. The van der Waals surface area contributed by atoms with Gasteiger partial charge >= 0.3 is 18.4 Å². The lowest BCUT2D eigenvalue weighted by atomic mass is 10.0. The molecule has 0 radical (unpaired) electrons. The summed E-state index contributed by atoms with van der Waals surface area (Å²) in [5.74, 6) is -2.30. The van der Waals surface area contributed by atoms with Crippen molar-refractivity contribution >= 4 is 23.8 Å². The van der Waals surface area contributed by atoms with Gasteiger partial charge in [0.25, 0.3) is 5.91 Å². The molecule has 0 heterocycles. The Morgan fingerprint density at radius 3 is 1.75 bits per heavy atom. The van der Waals surface area contributed by atoms with Crippen molar-refractivity contribution < 1.29 is 40.7 Å². The molecule has 0 unspecified atom stereocenters. The molecule has 0 spiro atoms. The fraction of sp³-hybridized carbons (Fsp3) is 0.333. The topological polar surface area (TPSA) is 178 Å². The number of nitrogens with zero attached hydrogens (tertiary/aromatic N) is 1. The van der Waals surface area contributed by atoms with Crippen LogP contribution in [0.25, 0.3) is 0 Å². The van der Waals surface area contributed by atoms with Crippen LogP contribution >= 0.6 is 0 Å². The highest BCUT2D eigenvalue weighted by Crippen LogP contribution is 2.36. The van der Waals surface area contributed by atoms with Crippen LogP contribution in [0.3, 0.4) is 0 Å². The summed E-state index contributed by atoms with van der Waals surface area (Å²) in [6, 6.07) is 5.01. The Hall–Kier alpha value is -4.50. The highest BCUT2D eigenvalue weighted by Gasteiger charge is 2.37. The summed E-state index contributed by atoms with van der Waals surface area (Å²) in [6.45, 7) is 0.201. The normalized spacial score (nSPS) is 12.2. The lowest BCUT2D eigenvalue weighted by Gasteiger charge is -2.20. The molecule has 0 aliphatic rings. The third-order valence-corrected chi connectivity index (χ3v) is 5.37. The van der Waals surface area contributed by atoms with Crippen molar-refractivity contribution in [3.63, 3.8) is 0 Å². The van der Waals surface area contributed by atoms with Crippen LogP contribution in [-0.4, -0.2) is 36.4 Å². The van der Waals surface area contributed by atoms with Crippen LogP contribution in [0.15, 0.2) is 47.5 Å². The summed E-state index contributed by atoms with van der Waals surface area (Å²) in [5.41, 5.74) is 12.6. The molecule has 0 saturated heterocycles. The van der Waals surface area contributed by atoms with Gasteiger partial charge in [-0.25, -0.2) is 4.79 Å². The van der Waals surface area contributed by atoms with Crippen molar-refractivity contribution in [2.75, 3.05) is 6.54 Å². The first-order valence-corrected chi connectivity index (χ1v) is 11.6. The Kier molecular flexibility index (Phi) is 10.7. The molecule has 16 heteroatoms. The minimum absolute atomic E-state index is 0.0234. The van der Waals surface area contributed by atoms with E-state index in [-0.39, 0.29) is 56.6 Å². The summed E-state index contributed by atoms with van der Waals surface area (Å²) in [7, 11) is 0. The molecular weight excluding hydrogens is 548 g/mol. The summed E-state index contributed by atoms with van der Waals surface area (Å²) in [5, 5.41) is 7.17. The molecule has 0 bridgehead atoms. The van der Waals surface area contributed by atoms with E-state index < -0.39 is 52.9 Å². The van der Waals surface area contributed by atoms with Gasteiger partial charge in [0.15, 0.2) is 5.96 Å². The van der Waals surface area contributed by atoms with Crippen molar-refractivity contribution in [1.29, 1.82) is 0 Å². The van der Waals surface area contributed by atoms with Crippen molar-refractivity contribution in [2.45, 2.75) is 44.3 Å². The van der Waals surface area contributed by atoms with Crippen molar-refractivity contribution in [3.05, 3.63) is 70.3 Å². The number of benzene rings is 2. The molecule has 0 aliphatic carbocycles. The van der Waals surface area contributed by atoms with Gasteiger partial charge in [0, 0.05) is 25.2 Å². The quantitative estimate of drug-likeness (QED) is 0.104. The van der Waals surface area contributed by atoms with Gasteiger partial charge in [-0.3, -0.25) is 14.6 Å². The van der Waals surface area contributed by atoms with Gasteiger partial charge in [0.2, 0.25) is 5.91 Å². The smallest absolute Gasteiger partial charge is 0.370 e. The van der Waals surface area contributed by atoms with Gasteiger partial charge in [-0.2, -0.15) is 26.3 Å². The molecule has 0 saturated carbocycles. The number of nitrogens with one attached hydrogen (secondary N) is 3. The predicted octanol–water partition coefficient (Wildman–Crippen LogP) is 2.36. The number of urea groups is 1. The number of rotatable bonds is 11. The van der Waals surface area contributed by atoms with E-state index in [4.69, 9.17) is 17.2 Å². The van der Waals surface area contributed by atoms with Gasteiger partial charge < -0.3 is 33.2 Å². The largest absolute Gasteiger partial charge is 0.416 e. The van der Waals surface area contributed by atoms with E-state index in [1.165, 1.54) is 0 Å². The SMILES string of the molecule is NC(=O)NCc1ccc(CNC(=O)[C@@H](CCCN=C(N)N)NC(=O)c2cc(C(F)(F)F)cc(C(F)(F)F)c2)cc1. The number of hydrogen-bond donors (Lipinski definition) is 6. The summed E-state index contributed by atoms with van der Waals surface area (Å²) < 4.78 is 79.2. The number of halogens is 6. The molecule has 2 aromatic rings. The summed E-state index contributed by atoms with van der Waals surface area (Å²) >= 11 is 0. The highest BCUT2D eigenvalue weighted by molar-refractivity contribution is 5.98. The second kappa shape index (κ2) is 13.5. The fourth-order valence-corrected chi connectivity index (χ4v) is 3.38. The zero-order valence-corrected chi connectivity index (χ0v) is 20.8. The monoisotopic (exact) mass is 575 g/mol. The molecule has 2 aromatic carbocycles. The van der Waals surface area contributed by atoms with E-state index in [0.29, 0.717) is 5.56 Å². The molecule has 1 atom stereocenters. The Labute approximate surface area is 224 Å². The number of primary amides is 1. The molecule has 40 heavy (non-hydrogen) atoms. The Balaban J connectivity index is 2.20. The highest BCUT2D eigenvalue weighted by atomic mass is 19.4. The first-order chi connectivity index (χ1) is 18.6. The number of hydrogen-bond acceptors (Lipinski definition) is 4. The van der Waals surface area contributed by atoms with Crippen molar-refractivity contribution in [2.24, 2.45) is 22.2 Å². The third kappa shape index (κ3) is 10.3. The van der Waals surface area contributed by atoms with Crippen molar-refractivity contribution in [1.82, 2.24) is 16.0 Å². The molecule has 0 aromatic heterocycles. The molecule has 2 rings (SSSR count). The first-order valence-electron chi connectivity index (χ1n) is 11.6. The van der Waals surface area contributed by atoms with E-state index in [1.54, 1.807) is 24.3 Å². The molecule has 4 amide bonds. The van der Waals surface area contributed by atoms with Crippen LogP contribution in [0.1, 0.15) is 45.5 Å². The van der Waals surface area contributed by atoms with Gasteiger partial charge in [0.05, 0.1) is 11.1 Å². The maximum atomic E-state index is 13.2. The second-order valence-electron chi connectivity index (χ2n) is 8.52. The average Bonchev–Trinajstić information content (AvgIpc) is 2.86. The minimum atomic E-state index is -5.15. The molecule has 0 fully saturated rings. The Morgan fingerprint density at radius 1 is 0.800 bits per heavy atom. The average molecular weight is 576 g/mol. The van der Waals surface area contributed by atoms with Gasteiger partial charge in [-0.05, 0) is 42.2 Å². The molecule has 218 valence electrons. The predicted molar refractivity (Wildman–Crippen MR) is 132 cm³/mol. The lowest BCUT2D eigenvalue weighted by molar-refractivity contribution is -0.143. The van der Waals surface area contributed by atoms with Crippen LogP contribution in [0.4, 0.5) is 31.1 Å². The maximum absolute atomic E-state index is 13.2. The van der Waals surface area contributed by atoms with Crippen LogP contribution in [0.2, 0.25) is 0 Å². The number of alkyl halides is 6. The second-order valence-corrected chi connectivity index (χ2v) is 8.52. The van der Waals surface area contributed by atoms with Gasteiger partial charge in [-0.1, -0.05) is 24.3 Å². The Morgan fingerprint density at radius 2 is 1.30 bits per heavy atom. The van der Waals surface area contributed by atoms with E-state index in [1.807, 2.05) is 0 Å². The number of aliphatic imine (C=N–C) groups is 1. The molecular formula is C24H27F6N7O3. The van der Waals surface area contributed by atoms with E-state index >= 15 is 0 Å². The number of amides is 4. The number of carbonyl (C=O) groups excluding carboxylic acids is 3. The van der Waals surface area contributed by atoms with E-state index in [0.717, 1.165) is 5.56 Å². The van der Waals surface area contributed by atoms with Crippen LogP contribution in [0, 0.1) is 0 Å². The maximum Gasteiger partial charge on any atom is 0.416 e. The first kappa shape index (κ1) is 31.7. The van der Waals surface area contributed by atoms with Crippen LogP contribution in [-0.2, 0) is 30.2 Å². The van der Waals surface area contributed by atoms with Crippen molar-refractivity contribution in [3.8, 4) is 0 Å². The number of carbonyl (C=O) groups is 3. The lowest BCUT2D eigenvalue weighted by Crippen LogP contribution is -2.46. The number of guanidine groups is 1. The van der Waals surface area contributed by atoms with Crippen LogP contribution in [0.5, 0.6) is 0 Å². The number of nitrogens with two attached hydrogens (primary N) is 3. The summed E-state index contributed by atoms with van der Waals surface area (Å²) in [6.07, 6.45) is -10.2. The standard InChI is InChI=1S/C24H27F6N7O3/c25-23(26,27)16-8-15(9-17(10-16)24(28,29)30)19(38)37-18(2-1-7-34-21(31)32)20(39)35-11-13-3-5-14(6-4-13)12-36-22(33)40/h3-6,8-10,18H,1-2,7,11-12H2,(H,35,39)(H,37,38)(H4,31,32,34)(H3,33,36,40)/t18-/m1/s1. The third-order valence-electron chi connectivity index (χ3n) is 5.37. The molecule has 0 aliphatic heterocycles. The van der Waals surface area contributed by atoms with Gasteiger partial charge in [0.1, 0.15) is 6.04 Å². The summed E-state index contributed by atoms with van der Waals surface area (Å²) in [4.78, 5) is 40.2. The Bertz CT molecular complexity index is 1190. The van der Waals surface area contributed by atoms with Gasteiger partial charge in [-0.15, -0.1) is 0 Å².